The Kier molecular flexibility index (Phi) is 6.98. The molecule has 2 aromatic carbocycles. The highest BCUT2D eigenvalue weighted by Crippen LogP contribution is 2.40. The van der Waals surface area contributed by atoms with Crippen molar-refractivity contribution in [3.63, 3.8) is 0 Å². The summed E-state index contributed by atoms with van der Waals surface area (Å²) < 4.78 is 5.74. The normalized spacial score (nSPS) is 16.0. The van der Waals surface area contributed by atoms with Gasteiger partial charge in [0.1, 0.15) is 5.75 Å². The van der Waals surface area contributed by atoms with E-state index >= 15 is 0 Å². The van der Waals surface area contributed by atoms with Crippen molar-refractivity contribution in [1.29, 1.82) is 0 Å². The van der Waals surface area contributed by atoms with Gasteiger partial charge in [-0.2, -0.15) is 0 Å². The smallest absolute Gasteiger partial charge is 0.305 e. The second-order valence-corrected chi connectivity index (χ2v) is 8.04. The van der Waals surface area contributed by atoms with Gasteiger partial charge in [0.25, 0.3) is 0 Å². The molecule has 0 radical (unpaired) electrons. The van der Waals surface area contributed by atoms with Crippen molar-refractivity contribution >= 4 is 29.3 Å². The zero-order valence-corrected chi connectivity index (χ0v) is 16.8. The maximum absolute atomic E-state index is 12.9. The minimum absolute atomic E-state index is 0.161. The molecule has 28 heavy (non-hydrogen) atoms. The zero-order chi connectivity index (χ0) is 19.9. The van der Waals surface area contributed by atoms with E-state index in [4.69, 9.17) is 9.84 Å². The first-order valence-corrected chi connectivity index (χ1v) is 10.5. The third kappa shape index (κ3) is 5.07. The Bertz CT molecular complexity index is 822. The predicted octanol–water partition coefficient (Wildman–Crippen LogP) is 4.74. The number of carboxylic acids is 1. The number of unbranched alkanes of at least 4 members (excludes halogenated alkanes) is 2. The van der Waals surface area contributed by atoms with E-state index in [1.807, 2.05) is 48.5 Å². The van der Waals surface area contributed by atoms with Gasteiger partial charge in [-0.05, 0) is 36.2 Å². The molecule has 1 aliphatic rings. The number of carbonyl (C=O) groups is 2. The minimum atomic E-state index is -0.963. The van der Waals surface area contributed by atoms with Crippen molar-refractivity contribution in [2.75, 3.05) is 11.5 Å². The summed E-state index contributed by atoms with van der Waals surface area (Å²) in [4.78, 5) is 26.7. The van der Waals surface area contributed by atoms with Crippen molar-refractivity contribution in [2.24, 2.45) is 0 Å². The molecule has 0 aliphatic carbocycles. The number of anilines is 1. The SMILES string of the molecule is CCCCCOc1ccc(CN2C(=O)C(CC(=O)O)Sc3ccccc32)cc1. The Labute approximate surface area is 169 Å². The first-order valence-electron chi connectivity index (χ1n) is 9.59. The lowest BCUT2D eigenvalue weighted by molar-refractivity contribution is -0.138. The van der Waals surface area contributed by atoms with Crippen molar-refractivity contribution in [1.82, 2.24) is 0 Å². The van der Waals surface area contributed by atoms with Crippen molar-refractivity contribution < 1.29 is 19.4 Å². The number of hydrogen-bond acceptors (Lipinski definition) is 4. The number of hydrogen-bond donors (Lipinski definition) is 1. The van der Waals surface area contributed by atoms with Gasteiger partial charge >= 0.3 is 5.97 Å². The molecule has 2 aromatic rings. The number of benzene rings is 2. The molecule has 0 spiro atoms. The topological polar surface area (TPSA) is 66.8 Å². The molecule has 148 valence electrons. The molecule has 0 bridgehead atoms. The average molecular weight is 400 g/mol. The fourth-order valence-electron chi connectivity index (χ4n) is 3.14. The summed E-state index contributed by atoms with van der Waals surface area (Å²) in [6, 6.07) is 15.4. The molecule has 1 amide bonds. The molecule has 0 saturated carbocycles. The van der Waals surface area contributed by atoms with E-state index in [2.05, 4.69) is 6.92 Å². The standard InChI is InChI=1S/C22H25NO4S/c1-2-3-6-13-27-17-11-9-16(10-12-17)15-23-18-7-4-5-8-19(18)28-20(22(23)26)14-21(24)25/h4-5,7-12,20H,2-3,6,13-15H2,1H3,(H,24,25). The molecule has 5 nitrogen and oxygen atoms in total. The second-order valence-electron chi connectivity index (χ2n) is 6.80. The summed E-state index contributed by atoms with van der Waals surface area (Å²) in [5.41, 5.74) is 1.81. The van der Waals surface area contributed by atoms with Gasteiger partial charge < -0.3 is 14.7 Å². The second kappa shape index (κ2) is 9.64. The van der Waals surface area contributed by atoms with Crippen LogP contribution in [-0.4, -0.2) is 28.8 Å². The summed E-state index contributed by atoms with van der Waals surface area (Å²) in [7, 11) is 0. The lowest BCUT2D eigenvalue weighted by atomic mass is 10.1. The molecule has 6 heteroatoms. The number of aliphatic carboxylic acids is 1. The van der Waals surface area contributed by atoms with Gasteiger partial charge in [0.2, 0.25) is 5.91 Å². The van der Waals surface area contributed by atoms with Crippen LogP contribution in [0.4, 0.5) is 5.69 Å². The molecule has 0 saturated heterocycles. The molecule has 1 heterocycles. The summed E-state index contributed by atoms with van der Waals surface area (Å²) in [5, 5.41) is 8.54. The van der Waals surface area contributed by atoms with E-state index in [-0.39, 0.29) is 12.3 Å². The van der Waals surface area contributed by atoms with E-state index in [9.17, 15) is 9.59 Å². The summed E-state index contributed by atoms with van der Waals surface area (Å²) in [5.74, 6) is -0.301. The van der Waals surface area contributed by atoms with Crippen molar-refractivity contribution in [3.05, 3.63) is 54.1 Å². The van der Waals surface area contributed by atoms with Gasteiger partial charge in [-0.1, -0.05) is 44.0 Å². The van der Waals surface area contributed by atoms with Gasteiger partial charge in [0, 0.05) is 4.90 Å². The van der Waals surface area contributed by atoms with Crippen molar-refractivity contribution in [2.45, 2.75) is 49.3 Å². The Balaban J connectivity index is 1.72. The third-order valence-corrected chi connectivity index (χ3v) is 5.86. The summed E-state index contributed by atoms with van der Waals surface area (Å²) in [6.07, 6.45) is 3.18. The van der Waals surface area contributed by atoms with Crippen LogP contribution >= 0.6 is 11.8 Å². The number of rotatable bonds is 9. The zero-order valence-electron chi connectivity index (χ0n) is 16.0. The quantitative estimate of drug-likeness (QED) is 0.617. The monoisotopic (exact) mass is 399 g/mol. The first-order chi connectivity index (χ1) is 13.6. The number of carboxylic acid groups (broad SMARTS) is 1. The van der Waals surface area contributed by atoms with Crippen LogP contribution in [0.1, 0.15) is 38.2 Å². The Morgan fingerprint density at radius 2 is 1.89 bits per heavy atom. The molecular formula is C22H25NO4S. The molecule has 1 unspecified atom stereocenters. The molecule has 1 atom stereocenters. The van der Waals surface area contributed by atoms with Crippen LogP contribution in [0.25, 0.3) is 0 Å². The van der Waals surface area contributed by atoms with Crippen LogP contribution in [0.5, 0.6) is 5.75 Å². The average Bonchev–Trinajstić information content (AvgIpc) is 2.69. The maximum atomic E-state index is 12.9. The number of carbonyl (C=O) groups excluding carboxylic acids is 1. The third-order valence-electron chi connectivity index (χ3n) is 4.61. The molecule has 1 N–H and O–H groups in total. The summed E-state index contributed by atoms with van der Waals surface area (Å²) >= 11 is 1.33. The summed E-state index contributed by atoms with van der Waals surface area (Å²) in [6.45, 7) is 3.27. The number of ether oxygens (including phenoxy) is 1. The van der Waals surface area contributed by atoms with E-state index < -0.39 is 11.2 Å². The number of para-hydroxylation sites is 1. The fraction of sp³-hybridized carbons (Fsp3) is 0.364. The number of nitrogens with zero attached hydrogens (tertiary/aromatic N) is 1. The lowest BCUT2D eigenvalue weighted by Crippen LogP contribution is -2.41. The highest BCUT2D eigenvalue weighted by molar-refractivity contribution is 8.01. The van der Waals surface area contributed by atoms with Crippen LogP contribution in [0.2, 0.25) is 0 Å². The number of fused-ring (bicyclic) bond motifs is 1. The van der Waals surface area contributed by atoms with E-state index in [0.29, 0.717) is 13.2 Å². The van der Waals surface area contributed by atoms with Crippen molar-refractivity contribution in [3.8, 4) is 5.75 Å². The van der Waals surface area contributed by atoms with Crippen LogP contribution in [0.3, 0.4) is 0 Å². The van der Waals surface area contributed by atoms with Gasteiger partial charge in [-0.15, -0.1) is 11.8 Å². The highest BCUT2D eigenvalue weighted by Gasteiger charge is 2.34. The Morgan fingerprint density at radius 1 is 1.14 bits per heavy atom. The lowest BCUT2D eigenvalue weighted by Gasteiger charge is -2.33. The molecule has 3 rings (SSSR count). The van der Waals surface area contributed by atoms with Gasteiger partial charge in [-0.3, -0.25) is 9.59 Å². The Hall–Kier alpha value is -2.47. The molecular weight excluding hydrogens is 374 g/mol. The maximum Gasteiger partial charge on any atom is 0.305 e. The van der Waals surface area contributed by atoms with E-state index in [1.54, 1.807) is 4.90 Å². The van der Waals surface area contributed by atoms with E-state index in [0.717, 1.165) is 41.2 Å². The Morgan fingerprint density at radius 3 is 2.61 bits per heavy atom. The largest absolute Gasteiger partial charge is 0.494 e. The predicted molar refractivity (Wildman–Crippen MR) is 111 cm³/mol. The van der Waals surface area contributed by atoms with Gasteiger partial charge in [-0.25, -0.2) is 0 Å². The first kappa shape index (κ1) is 20.3. The fourth-order valence-corrected chi connectivity index (χ4v) is 4.36. The minimum Gasteiger partial charge on any atom is -0.494 e. The molecule has 0 aromatic heterocycles. The van der Waals surface area contributed by atoms with Crippen LogP contribution in [-0.2, 0) is 16.1 Å². The number of thioether (sulfide) groups is 1. The van der Waals surface area contributed by atoms with Crippen LogP contribution in [0, 0.1) is 0 Å². The molecule has 0 fully saturated rings. The van der Waals surface area contributed by atoms with Crippen LogP contribution < -0.4 is 9.64 Å². The van der Waals surface area contributed by atoms with Gasteiger partial charge in [0.05, 0.1) is 30.5 Å². The highest BCUT2D eigenvalue weighted by atomic mass is 32.2. The van der Waals surface area contributed by atoms with Crippen LogP contribution in [0.15, 0.2) is 53.4 Å². The number of amides is 1. The van der Waals surface area contributed by atoms with E-state index in [1.165, 1.54) is 11.8 Å². The van der Waals surface area contributed by atoms with Gasteiger partial charge in [0.15, 0.2) is 0 Å². The molecule has 1 aliphatic heterocycles.